The number of rotatable bonds is 2. The van der Waals surface area contributed by atoms with E-state index in [1.807, 2.05) is 19.1 Å². The summed E-state index contributed by atoms with van der Waals surface area (Å²) >= 11 is 0. The highest BCUT2D eigenvalue weighted by Crippen LogP contribution is 2.26. The van der Waals surface area contributed by atoms with E-state index in [9.17, 15) is 4.79 Å². The normalized spacial score (nSPS) is 19.5. The van der Waals surface area contributed by atoms with Crippen molar-refractivity contribution < 1.29 is 9.90 Å². The van der Waals surface area contributed by atoms with E-state index in [-0.39, 0.29) is 18.4 Å². The Morgan fingerprint density at radius 2 is 2.35 bits per heavy atom. The van der Waals surface area contributed by atoms with E-state index in [4.69, 9.17) is 10.4 Å². The van der Waals surface area contributed by atoms with Crippen LogP contribution in [0.15, 0.2) is 18.2 Å². The number of amides is 1. The number of carbonyl (C=O) groups excluding carboxylic acids is 1. The maximum atomic E-state index is 11.8. The zero-order valence-electron chi connectivity index (χ0n) is 9.68. The van der Waals surface area contributed by atoms with Gasteiger partial charge in [-0.15, -0.1) is 0 Å². The third-order valence-electron chi connectivity index (χ3n) is 3.12. The third-order valence-corrected chi connectivity index (χ3v) is 3.12. The number of hydrogen-bond acceptors (Lipinski definition) is 3. The third kappa shape index (κ3) is 2.15. The second kappa shape index (κ2) is 4.56. The molecule has 1 amide bonds. The average molecular weight is 230 g/mol. The van der Waals surface area contributed by atoms with E-state index < -0.39 is 0 Å². The fourth-order valence-electron chi connectivity index (χ4n) is 2.05. The Morgan fingerprint density at radius 1 is 1.59 bits per heavy atom. The van der Waals surface area contributed by atoms with Gasteiger partial charge in [0, 0.05) is 31.2 Å². The number of benzene rings is 1. The Balaban J connectivity index is 2.30. The molecule has 1 aromatic rings. The monoisotopic (exact) mass is 230 g/mol. The van der Waals surface area contributed by atoms with Gasteiger partial charge in [-0.2, -0.15) is 5.26 Å². The molecule has 88 valence electrons. The first-order valence-electron chi connectivity index (χ1n) is 5.57. The van der Waals surface area contributed by atoms with Gasteiger partial charge in [0.05, 0.1) is 11.6 Å². The van der Waals surface area contributed by atoms with E-state index in [0.29, 0.717) is 18.5 Å². The summed E-state index contributed by atoms with van der Waals surface area (Å²) in [5.74, 6) is 0.0196. The van der Waals surface area contributed by atoms with Crippen LogP contribution in [0.1, 0.15) is 17.5 Å². The van der Waals surface area contributed by atoms with Crippen LogP contribution in [0.25, 0.3) is 0 Å². The molecule has 2 rings (SSSR count). The van der Waals surface area contributed by atoms with Crippen molar-refractivity contribution in [3.63, 3.8) is 0 Å². The number of hydrogen-bond donors (Lipinski definition) is 1. The zero-order chi connectivity index (χ0) is 12.4. The molecule has 1 fully saturated rings. The molecule has 1 aliphatic rings. The van der Waals surface area contributed by atoms with E-state index in [1.54, 1.807) is 11.0 Å². The standard InChI is InChI=1S/C13H14N2O2/c1-9-2-3-12(5-11(9)6-14)15-7-10(8-16)4-13(15)17/h2-3,5,10,16H,4,7-8H2,1H3. The molecule has 0 aliphatic carbocycles. The number of carbonyl (C=O) groups is 1. The molecule has 1 aliphatic heterocycles. The molecule has 0 saturated carbocycles. The Labute approximate surface area is 100 Å². The molecule has 4 heteroatoms. The van der Waals surface area contributed by atoms with Gasteiger partial charge in [-0.05, 0) is 24.6 Å². The predicted octanol–water partition coefficient (Wildman–Crippen LogP) is 1.21. The maximum absolute atomic E-state index is 11.8. The van der Waals surface area contributed by atoms with Gasteiger partial charge in [-0.1, -0.05) is 6.07 Å². The van der Waals surface area contributed by atoms with Crippen LogP contribution in [0.5, 0.6) is 0 Å². The Bertz CT molecular complexity index is 491. The van der Waals surface area contributed by atoms with E-state index >= 15 is 0 Å². The first-order valence-corrected chi connectivity index (χ1v) is 5.57. The molecule has 1 unspecified atom stereocenters. The van der Waals surface area contributed by atoms with Crippen molar-refractivity contribution in [3.05, 3.63) is 29.3 Å². The molecular formula is C13H14N2O2. The van der Waals surface area contributed by atoms with Crippen molar-refractivity contribution >= 4 is 11.6 Å². The summed E-state index contributed by atoms with van der Waals surface area (Å²) in [7, 11) is 0. The van der Waals surface area contributed by atoms with Crippen molar-refractivity contribution in [1.29, 1.82) is 5.26 Å². The molecule has 1 atom stereocenters. The van der Waals surface area contributed by atoms with Crippen LogP contribution in [-0.4, -0.2) is 24.2 Å². The SMILES string of the molecule is Cc1ccc(N2CC(CO)CC2=O)cc1C#N. The molecule has 1 heterocycles. The van der Waals surface area contributed by atoms with Gasteiger partial charge in [0.2, 0.25) is 5.91 Å². The minimum Gasteiger partial charge on any atom is -0.396 e. The number of aliphatic hydroxyl groups excluding tert-OH is 1. The summed E-state index contributed by atoms with van der Waals surface area (Å²) in [6, 6.07) is 7.52. The summed E-state index contributed by atoms with van der Waals surface area (Å²) in [6.45, 7) is 2.42. The minimum absolute atomic E-state index is 0.00865. The lowest BCUT2D eigenvalue weighted by Gasteiger charge is -2.17. The molecule has 4 nitrogen and oxygen atoms in total. The number of aliphatic hydroxyl groups is 1. The Morgan fingerprint density at radius 3 is 2.94 bits per heavy atom. The molecule has 0 radical (unpaired) electrons. The first-order chi connectivity index (χ1) is 8.15. The topological polar surface area (TPSA) is 64.3 Å². The number of nitrogens with zero attached hydrogens (tertiary/aromatic N) is 2. The van der Waals surface area contributed by atoms with Crippen LogP contribution in [-0.2, 0) is 4.79 Å². The van der Waals surface area contributed by atoms with Gasteiger partial charge in [0.1, 0.15) is 0 Å². The lowest BCUT2D eigenvalue weighted by atomic mass is 10.1. The summed E-state index contributed by atoms with van der Waals surface area (Å²) < 4.78 is 0. The van der Waals surface area contributed by atoms with Crippen LogP contribution >= 0.6 is 0 Å². The molecule has 0 aromatic heterocycles. The van der Waals surface area contributed by atoms with Crippen molar-refractivity contribution in [3.8, 4) is 6.07 Å². The largest absolute Gasteiger partial charge is 0.396 e. The first kappa shape index (κ1) is 11.6. The second-order valence-corrected chi connectivity index (χ2v) is 4.37. The Kier molecular flexibility index (Phi) is 3.12. The fourth-order valence-corrected chi connectivity index (χ4v) is 2.05. The summed E-state index contributed by atoms with van der Waals surface area (Å²) in [6.07, 6.45) is 0.381. The predicted molar refractivity (Wildman–Crippen MR) is 63.4 cm³/mol. The van der Waals surface area contributed by atoms with Crippen LogP contribution in [0.4, 0.5) is 5.69 Å². The highest BCUT2D eigenvalue weighted by molar-refractivity contribution is 5.95. The lowest BCUT2D eigenvalue weighted by Crippen LogP contribution is -2.24. The van der Waals surface area contributed by atoms with Gasteiger partial charge >= 0.3 is 0 Å². The zero-order valence-corrected chi connectivity index (χ0v) is 9.68. The maximum Gasteiger partial charge on any atom is 0.227 e. The quantitative estimate of drug-likeness (QED) is 0.830. The molecular weight excluding hydrogens is 216 g/mol. The van der Waals surface area contributed by atoms with Crippen molar-refractivity contribution in [2.24, 2.45) is 5.92 Å². The lowest BCUT2D eigenvalue weighted by molar-refractivity contribution is -0.117. The molecule has 0 bridgehead atoms. The van der Waals surface area contributed by atoms with Crippen molar-refractivity contribution in [2.75, 3.05) is 18.1 Å². The smallest absolute Gasteiger partial charge is 0.227 e. The van der Waals surface area contributed by atoms with Crippen LogP contribution in [0.2, 0.25) is 0 Å². The van der Waals surface area contributed by atoms with Crippen LogP contribution < -0.4 is 4.90 Å². The van der Waals surface area contributed by atoms with E-state index in [1.165, 1.54) is 0 Å². The Hall–Kier alpha value is -1.86. The molecule has 1 aromatic carbocycles. The highest BCUT2D eigenvalue weighted by Gasteiger charge is 2.30. The van der Waals surface area contributed by atoms with Gasteiger partial charge < -0.3 is 10.0 Å². The van der Waals surface area contributed by atoms with Crippen molar-refractivity contribution in [2.45, 2.75) is 13.3 Å². The minimum atomic E-state index is 0.00865. The summed E-state index contributed by atoms with van der Waals surface area (Å²) in [4.78, 5) is 13.4. The molecule has 1 N–H and O–H groups in total. The van der Waals surface area contributed by atoms with Gasteiger partial charge in [0.15, 0.2) is 0 Å². The average Bonchev–Trinajstić information content (AvgIpc) is 2.71. The van der Waals surface area contributed by atoms with Gasteiger partial charge in [-0.25, -0.2) is 0 Å². The summed E-state index contributed by atoms with van der Waals surface area (Å²) in [5.41, 5.74) is 2.23. The summed E-state index contributed by atoms with van der Waals surface area (Å²) in [5, 5.41) is 18.0. The number of nitriles is 1. The second-order valence-electron chi connectivity index (χ2n) is 4.37. The number of aryl methyl sites for hydroxylation is 1. The van der Waals surface area contributed by atoms with Crippen LogP contribution in [0.3, 0.4) is 0 Å². The van der Waals surface area contributed by atoms with Gasteiger partial charge in [0.25, 0.3) is 0 Å². The molecule has 0 spiro atoms. The van der Waals surface area contributed by atoms with Crippen LogP contribution in [0, 0.1) is 24.2 Å². The number of anilines is 1. The molecule has 17 heavy (non-hydrogen) atoms. The van der Waals surface area contributed by atoms with E-state index in [0.717, 1.165) is 11.3 Å². The van der Waals surface area contributed by atoms with E-state index in [2.05, 4.69) is 6.07 Å². The van der Waals surface area contributed by atoms with Gasteiger partial charge in [-0.3, -0.25) is 4.79 Å². The molecule has 1 saturated heterocycles. The highest BCUT2D eigenvalue weighted by atomic mass is 16.3. The fraction of sp³-hybridized carbons (Fsp3) is 0.385. The van der Waals surface area contributed by atoms with Crippen molar-refractivity contribution in [1.82, 2.24) is 0 Å².